The number of carboxylic acid groups (broad SMARTS) is 4. The van der Waals surface area contributed by atoms with Gasteiger partial charge in [0.2, 0.25) is 23.5 Å². The fraction of sp³-hybridized carbons (Fsp3) is 0.571. The number of nitrogens with one attached hydrogen (secondary N) is 3. The molecule has 0 bridgehead atoms. The van der Waals surface area contributed by atoms with E-state index in [-0.39, 0.29) is 4.90 Å². The van der Waals surface area contributed by atoms with Crippen LogP contribution in [0.1, 0.15) is 32.6 Å². The summed E-state index contributed by atoms with van der Waals surface area (Å²) in [5, 5.41) is 52.3. The second-order valence-electron chi connectivity index (χ2n) is 11.9. The van der Waals surface area contributed by atoms with Gasteiger partial charge in [-0.1, -0.05) is 0 Å². The van der Waals surface area contributed by atoms with Crippen molar-refractivity contribution in [2.24, 2.45) is 11.5 Å². The highest BCUT2D eigenvalue weighted by Crippen LogP contribution is 2.39. The molecule has 12 N–H and O–H groups in total. The number of aliphatic hydroxyl groups excluding tert-OH is 1. The van der Waals surface area contributed by atoms with Crippen LogP contribution in [0.3, 0.4) is 0 Å². The maximum atomic E-state index is 14.0. The van der Waals surface area contributed by atoms with E-state index >= 15 is 0 Å². The molecule has 0 saturated carbocycles. The van der Waals surface area contributed by atoms with Crippen molar-refractivity contribution < 1.29 is 99.8 Å². The summed E-state index contributed by atoms with van der Waals surface area (Å²) in [6.45, 7) is -0.735. The third kappa shape index (κ3) is 13.9. The van der Waals surface area contributed by atoms with Crippen molar-refractivity contribution >= 4 is 79.2 Å². The number of hydrogen-bond acceptors (Lipinski definition) is 19. The second-order valence-corrected chi connectivity index (χ2v) is 16.0. The Morgan fingerprint density at radius 2 is 1.33 bits per heavy atom. The van der Waals surface area contributed by atoms with Gasteiger partial charge in [-0.25, -0.2) is 36.1 Å². The Morgan fingerprint density at radius 3 is 1.77 bits per heavy atom. The maximum absolute atomic E-state index is 14.0. The van der Waals surface area contributed by atoms with E-state index < -0.39 is 176 Å². The number of nitrogens with zero attached hydrogens (tertiary/aromatic N) is 1. The Bertz CT molecular complexity index is 1920. The summed E-state index contributed by atoms with van der Waals surface area (Å²) in [7, 11) is -10.4. The summed E-state index contributed by atoms with van der Waals surface area (Å²) in [6.07, 6.45) is -4.64. The van der Waals surface area contributed by atoms with Gasteiger partial charge in [0.05, 0.1) is 18.1 Å². The molecule has 5 amide bonds. The van der Waals surface area contributed by atoms with Crippen molar-refractivity contribution in [2.75, 3.05) is 37.5 Å². The first-order chi connectivity index (χ1) is 26.1. The molecule has 1 heterocycles. The van der Waals surface area contributed by atoms with Gasteiger partial charge in [-0.15, -0.1) is 0 Å². The Kier molecular flexibility index (Phi) is 17.5. The molecule has 320 valence electrons. The van der Waals surface area contributed by atoms with E-state index in [0.29, 0.717) is 7.05 Å². The van der Waals surface area contributed by atoms with Gasteiger partial charge >= 0.3 is 35.9 Å². The number of ether oxygens (including phenoxy) is 2. The number of aliphatic hydroxyl groups is 1. The number of aliphatic carboxylic acids is 3. The van der Waals surface area contributed by atoms with Gasteiger partial charge in [-0.3, -0.25) is 33.6 Å². The smallest absolute Gasteiger partial charge is 0.413 e. The number of rotatable bonds is 23. The molecular formula is C28H40N6O21S2. The van der Waals surface area contributed by atoms with Crippen molar-refractivity contribution in [3.05, 3.63) is 10.7 Å². The molecule has 5 atom stereocenters. The lowest BCUT2D eigenvalue weighted by atomic mass is 10.1. The van der Waals surface area contributed by atoms with Gasteiger partial charge in [-0.2, -0.15) is 0 Å². The Hall–Kier alpha value is -5.94. The second kappa shape index (κ2) is 20.3. The molecular weight excluding hydrogens is 820 g/mol. The predicted octanol–water partition coefficient (Wildman–Crippen LogP) is -5.86. The van der Waals surface area contributed by atoms with Gasteiger partial charge in [0.25, 0.3) is 11.5 Å². The third-order valence-electron chi connectivity index (χ3n) is 7.50. The largest absolute Gasteiger partial charge is 0.501 e. The van der Waals surface area contributed by atoms with Crippen molar-refractivity contribution in [3.63, 3.8) is 0 Å². The van der Waals surface area contributed by atoms with Crippen molar-refractivity contribution in [1.82, 2.24) is 20.9 Å². The molecule has 0 saturated heterocycles. The van der Waals surface area contributed by atoms with Crippen LogP contribution in [0.2, 0.25) is 0 Å². The van der Waals surface area contributed by atoms with E-state index in [0.717, 1.165) is 6.92 Å². The lowest BCUT2D eigenvalue weighted by Gasteiger charge is -2.29. The highest BCUT2D eigenvalue weighted by atomic mass is 32.2. The van der Waals surface area contributed by atoms with Crippen LogP contribution in [-0.2, 0) is 72.3 Å². The molecule has 1 aliphatic heterocycles. The first-order valence-corrected chi connectivity index (χ1v) is 19.4. The van der Waals surface area contributed by atoms with Crippen LogP contribution < -0.4 is 27.4 Å². The van der Waals surface area contributed by atoms with Crippen LogP contribution in [0.4, 0.5) is 4.79 Å². The number of imide groups is 1. The number of amides is 5. The van der Waals surface area contributed by atoms with Crippen LogP contribution in [0.5, 0.6) is 0 Å². The Balaban J connectivity index is 3.79. The number of likely N-dealkylation sites (N-methyl/N-ethyl adjacent to an activating group) is 1. The molecule has 0 aromatic rings. The normalized spacial score (nSPS) is 17.5. The number of sulfone groups is 2. The molecule has 0 radical (unpaired) electrons. The molecule has 1 rings (SSSR count). The monoisotopic (exact) mass is 860 g/mol. The van der Waals surface area contributed by atoms with E-state index in [1.54, 1.807) is 5.32 Å². The molecule has 1 aliphatic rings. The quantitative estimate of drug-likeness (QED) is 0.0428. The molecule has 0 aromatic carbocycles. The molecule has 0 aliphatic carbocycles. The highest BCUT2D eigenvalue weighted by Gasteiger charge is 2.62. The summed E-state index contributed by atoms with van der Waals surface area (Å²) in [5.41, 5.74) is 6.95. The van der Waals surface area contributed by atoms with Gasteiger partial charge in [0, 0.05) is 19.9 Å². The minimum Gasteiger partial charge on any atom is -0.501 e. The fourth-order valence-corrected chi connectivity index (χ4v) is 8.52. The average molecular weight is 861 g/mol. The minimum absolute atomic E-state index is 0.0824. The Morgan fingerprint density at radius 1 is 0.842 bits per heavy atom. The summed E-state index contributed by atoms with van der Waals surface area (Å²) in [5.74, 6) is -21.9. The number of carboxylic acids is 3. The predicted molar refractivity (Wildman–Crippen MR) is 183 cm³/mol. The van der Waals surface area contributed by atoms with E-state index in [2.05, 4.69) is 0 Å². The van der Waals surface area contributed by atoms with Crippen LogP contribution in [0, 0.1) is 0 Å². The van der Waals surface area contributed by atoms with E-state index in [1.807, 2.05) is 10.6 Å². The topological polar surface area (TPSA) is 450 Å². The number of nitrogens with two attached hydrogens (primary N) is 2. The first kappa shape index (κ1) is 49.1. The average Bonchev–Trinajstić information content (AvgIpc) is 3.35. The first-order valence-electron chi connectivity index (χ1n) is 15.9. The van der Waals surface area contributed by atoms with E-state index in [4.69, 9.17) is 36.3 Å². The molecule has 29 heteroatoms. The fourth-order valence-electron chi connectivity index (χ4n) is 4.72. The molecule has 0 spiro atoms. The van der Waals surface area contributed by atoms with Gasteiger partial charge in [-0.05, 0) is 19.8 Å². The SMILES string of the molecule is CCOC(=O)C1(CS(=O)(=O)CC(NC(=O)CCC(N)C(=O)O)C(=O)N(C)C(=O)O)OC(=O)C(O)=C1S(=O)(=O)CC(NC(=O)CCC(N)C(=O)O)C(=O)NCC(=O)O. The van der Waals surface area contributed by atoms with E-state index in [9.17, 15) is 75.0 Å². The molecule has 0 fully saturated rings. The van der Waals surface area contributed by atoms with Crippen LogP contribution >= 0.6 is 0 Å². The highest BCUT2D eigenvalue weighted by molar-refractivity contribution is 7.95. The summed E-state index contributed by atoms with van der Waals surface area (Å²) in [6, 6.07) is -7.99. The zero-order valence-corrected chi connectivity index (χ0v) is 31.5. The van der Waals surface area contributed by atoms with Crippen molar-refractivity contribution in [1.29, 1.82) is 0 Å². The minimum atomic E-state index is -5.68. The standard InChI is InChI=1S/C28H40N6O21S2/c1-3-54-26(47)28(11-56(50,51)9-15(22(41)34(2)27(48)49)33-17(36)7-5-13(30)24(44)45)20(19(39)25(46)55-28)57(52,53)10-14(21(40)31-8-18(37)38)32-16(35)6-4-12(29)23(42)43/h12-15,39H,3-11,29-30H2,1-2H3,(H,31,40)(H,32,35)(H,33,36)(H,37,38)(H,42,43)(H,44,45)(H,48,49). The zero-order valence-electron chi connectivity index (χ0n) is 29.9. The molecule has 27 nitrogen and oxygen atoms in total. The van der Waals surface area contributed by atoms with Crippen molar-refractivity contribution in [3.8, 4) is 0 Å². The molecule has 57 heavy (non-hydrogen) atoms. The summed E-state index contributed by atoms with van der Waals surface area (Å²) < 4.78 is 65.0. The van der Waals surface area contributed by atoms with Gasteiger partial charge in [0.1, 0.15) is 41.4 Å². The van der Waals surface area contributed by atoms with Gasteiger partial charge in [0.15, 0.2) is 19.7 Å². The summed E-state index contributed by atoms with van der Waals surface area (Å²) in [4.78, 5) is 120. The maximum Gasteiger partial charge on any atom is 0.413 e. The van der Waals surface area contributed by atoms with E-state index in [1.165, 1.54) is 0 Å². The van der Waals surface area contributed by atoms with Crippen molar-refractivity contribution in [2.45, 2.75) is 62.4 Å². The van der Waals surface area contributed by atoms with Crippen LogP contribution in [0.25, 0.3) is 0 Å². The lowest BCUT2D eigenvalue weighted by Crippen LogP contribution is -2.56. The van der Waals surface area contributed by atoms with Gasteiger partial charge < -0.3 is 62.4 Å². The summed E-state index contributed by atoms with van der Waals surface area (Å²) >= 11 is 0. The zero-order chi connectivity index (χ0) is 44.2. The number of carbonyl (C=O) groups is 10. The molecule has 0 aromatic heterocycles. The molecule has 5 unspecified atom stereocenters. The number of hydrogen-bond donors (Lipinski definition) is 10. The number of cyclic esters (lactones) is 1. The Labute approximate surface area is 321 Å². The number of carbonyl (C=O) groups excluding carboxylic acids is 6. The van der Waals surface area contributed by atoms with Crippen LogP contribution in [0.15, 0.2) is 10.7 Å². The lowest BCUT2D eigenvalue weighted by molar-refractivity contribution is -0.170. The van der Waals surface area contributed by atoms with Crippen LogP contribution in [-0.4, -0.2) is 174 Å². The third-order valence-corrected chi connectivity index (χ3v) is 11.1. The number of esters is 2.